The number of hydrogen-bond donors (Lipinski definition) is 1. The van der Waals surface area contributed by atoms with E-state index in [4.69, 9.17) is 5.73 Å². The average Bonchev–Trinajstić information content (AvgIpc) is 2.43. The van der Waals surface area contributed by atoms with Crippen molar-refractivity contribution in [2.24, 2.45) is 5.73 Å². The van der Waals surface area contributed by atoms with Crippen LogP contribution in [-0.2, 0) is 0 Å². The number of nitrogens with zero attached hydrogens (tertiary/aromatic N) is 1. The van der Waals surface area contributed by atoms with Crippen LogP contribution in [0.4, 0.5) is 0 Å². The first-order chi connectivity index (χ1) is 9.75. The highest BCUT2D eigenvalue weighted by atomic mass is 15.1. The van der Waals surface area contributed by atoms with Crippen molar-refractivity contribution in [3.63, 3.8) is 0 Å². The first kappa shape index (κ1) is 18.0. The van der Waals surface area contributed by atoms with Crippen LogP contribution in [0.2, 0.25) is 0 Å². The van der Waals surface area contributed by atoms with Gasteiger partial charge < -0.3 is 10.6 Å². The fraction of sp³-hybridized carbons (Fsp3) is 1.00. The number of unbranched alkanes of at least 4 members (excludes halogenated alkanes) is 2. The second kappa shape index (κ2) is 11.6. The van der Waals surface area contributed by atoms with E-state index in [-0.39, 0.29) is 0 Å². The van der Waals surface area contributed by atoms with Gasteiger partial charge in [0.2, 0.25) is 0 Å². The smallest absolute Gasteiger partial charge is 0.0244 e. The summed E-state index contributed by atoms with van der Waals surface area (Å²) < 4.78 is 0. The van der Waals surface area contributed by atoms with Crippen molar-refractivity contribution in [3.8, 4) is 0 Å². The lowest BCUT2D eigenvalue weighted by atomic mass is 9.93. The molecule has 20 heavy (non-hydrogen) atoms. The van der Waals surface area contributed by atoms with Crippen LogP contribution in [0.5, 0.6) is 0 Å². The summed E-state index contributed by atoms with van der Waals surface area (Å²) in [7, 11) is 2.30. The highest BCUT2D eigenvalue weighted by Gasteiger charge is 2.21. The topological polar surface area (TPSA) is 29.3 Å². The molecule has 0 amide bonds. The molecule has 0 aromatic heterocycles. The van der Waals surface area contributed by atoms with E-state index >= 15 is 0 Å². The maximum absolute atomic E-state index is 6.52. The summed E-state index contributed by atoms with van der Waals surface area (Å²) in [6.07, 6.45) is 17.8. The Balaban J connectivity index is 2.42. The van der Waals surface area contributed by atoms with Gasteiger partial charge in [-0.1, -0.05) is 71.1 Å². The summed E-state index contributed by atoms with van der Waals surface area (Å²) >= 11 is 0. The third kappa shape index (κ3) is 7.64. The quantitative estimate of drug-likeness (QED) is 0.739. The average molecular weight is 283 g/mol. The molecule has 1 saturated carbocycles. The SMILES string of the molecule is CCCCCN(C)C1CCCCCCCCCCC1N. The summed E-state index contributed by atoms with van der Waals surface area (Å²) in [6, 6.07) is 1.01. The molecule has 2 nitrogen and oxygen atoms in total. The summed E-state index contributed by atoms with van der Waals surface area (Å²) in [5, 5.41) is 0. The van der Waals surface area contributed by atoms with Gasteiger partial charge in [-0.15, -0.1) is 0 Å². The largest absolute Gasteiger partial charge is 0.326 e. The van der Waals surface area contributed by atoms with Gasteiger partial charge in [-0.05, 0) is 32.9 Å². The molecule has 2 unspecified atom stereocenters. The molecular weight excluding hydrogens is 244 g/mol. The van der Waals surface area contributed by atoms with Gasteiger partial charge in [-0.25, -0.2) is 0 Å². The molecule has 2 N–H and O–H groups in total. The zero-order chi connectivity index (χ0) is 14.6. The van der Waals surface area contributed by atoms with Crippen molar-refractivity contribution >= 4 is 0 Å². The maximum atomic E-state index is 6.52. The molecule has 0 spiro atoms. The van der Waals surface area contributed by atoms with Gasteiger partial charge in [0, 0.05) is 12.1 Å². The number of hydrogen-bond acceptors (Lipinski definition) is 2. The van der Waals surface area contributed by atoms with Gasteiger partial charge in [0.05, 0.1) is 0 Å². The van der Waals surface area contributed by atoms with E-state index in [0.29, 0.717) is 12.1 Å². The lowest BCUT2D eigenvalue weighted by molar-refractivity contribution is 0.184. The highest BCUT2D eigenvalue weighted by Crippen LogP contribution is 2.19. The van der Waals surface area contributed by atoms with Crippen molar-refractivity contribution in [1.82, 2.24) is 4.90 Å². The van der Waals surface area contributed by atoms with Crippen molar-refractivity contribution in [2.75, 3.05) is 13.6 Å². The summed E-state index contributed by atoms with van der Waals surface area (Å²) in [5.74, 6) is 0. The summed E-state index contributed by atoms with van der Waals surface area (Å²) in [5.41, 5.74) is 6.52. The van der Waals surface area contributed by atoms with Gasteiger partial charge >= 0.3 is 0 Å². The van der Waals surface area contributed by atoms with E-state index in [0.717, 1.165) is 0 Å². The van der Waals surface area contributed by atoms with Crippen LogP contribution in [0.25, 0.3) is 0 Å². The monoisotopic (exact) mass is 282 g/mol. The van der Waals surface area contributed by atoms with E-state index in [1.54, 1.807) is 0 Å². The molecule has 0 saturated heterocycles. The van der Waals surface area contributed by atoms with Gasteiger partial charge in [-0.2, -0.15) is 0 Å². The van der Waals surface area contributed by atoms with E-state index in [9.17, 15) is 0 Å². The molecule has 0 bridgehead atoms. The van der Waals surface area contributed by atoms with Crippen LogP contribution in [-0.4, -0.2) is 30.6 Å². The zero-order valence-corrected chi connectivity index (χ0v) is 14.1. The molecule has 1 aliphatic rings. The Morgan fingerprint density at radius 1 is 0.850 bits per heavy atom. The molecule has 0 heterocycles. The predicted molar refractivity (Wildman–Crippen MR) is 90.1 cm³/mol. The fourth-order valence-corrected chi connectivity index (χ4v) is 3.52. The van der Waals surface area contributed by atoms with E-state index in [2.05, 4.69) is 18.9 Å². The molecule has 2 atom stereocenters. The van der Waals surface area contributed by atoms with E-state index in [1.807, 2.05) is 0 Å². The van der Waals surface area contributed by atoms with Crippen LogP contribution < -0.4 is 5.73 Å². The van der Waals surface area contributed by atoms with Crippen LogP contribution in [0.1, 0.15) is 90.4 Å². The molecule has 0 aliphatic heterocycles. The molecular formula is C18H38N2. The Morgan fingerprint density at radius 3 is 2.00 bits per heavy atom. The van der Waals surface area contributed by atoms with Crippen LogP contribution in [0.3, 0.4) is 0 Å². The molecule has 0 aromatic carbocycles. The van der Waals surface area contributed by atoms with Crippen LogP contribution >= 0.6 is 0 Å². The number of nitrogens with two attached hydrogens (primary N) is 1. The lowest BCUT2D eigenvalue weighted by Gasteiger charge is -2.33. The Hall–Kier alpha value is -0.0800. The van der Waals surface area contributed by atoms with Crippen molar-refractivity contribution in [3.05, 3.63) is 0 Å². The van der Waals surface area contributed by atoms with E-state index < -0.39 is 0 Å². The molecule has 1 rings (SSSR count). The minimum atomic E-state index is 0.390. The van der Waals surface area contributed by atoms with Gasteiger partial charge in [0.25, 0.3) is 0 Å². The Labute approximate surface area is 127 Å². The maximum Gasteiger partial charge on any atom is 0.0244 e. The van der Waals surface area contributed by atoms with Gasteiger partial charge in [0.15, 0.2) is 0 Å². The van der Waals surface area contributed by atoms with Crippen LogP contribution in [0.15, 0.2) is 0 Å². The Morgan fingerprint density at radius 2 is 1.40 bits per heavy atom. The number of likely N-dealkylation sites (N-methyl/N-ethyl adjacent to an activating group) is 1. The second-order valence-corrected chi connectivity index (χ2v) is 6.82. The summed E-state index contributed by atoms with van der Waals surface area (Å²) in [4.78, 5) is 2.56. The van der Waals surface area contributed by atoms with Crippen LogP contribution in [0, 0.1) is 0 Å². The molecule has 1 fully saturated rings. The first-order valence-corrected chi connectivity index (χ1v) is 9.21. The Bertz CT molecular complexity index is 213. The molecule has 0 radical (unpaired) electrons. The molecule has 0 aromatic rings. The standard InChI is InChI=1S/C18H38N2/c1-3-4-13-16-20(2)18-15-12-10-8-6-5-7-9-11-14-17(18)19/h17-18H,3-16,19H2,1-2H3. The minimum absolute atomic E-state index is 0.390. The number of rotatable bonds is 5. The van der Waals surface area contributed by atoms with Crippen molar-refractivity contribution in [1.29, 1.82) is 0 Å². The first-order valence-electron chi connectivity index (χ1n) is 9.21. The minimum Gasteiger partial charge on any atom is -0.326 e. The third-order valence-corrected chi connectivity index (χ3v) is 4.96. The molecule has 120 valence electrons. The van der Waals surface area contributed by atoms with E-state index in [1.165, 1.54) is 90.0 Å². The lowest BCUT2D eigenvalue weighted by Crippen LogP contribution is -2.46. The molecule has 1 aliphatic carbocycles. The molecule has 2 heteroatoms. The summed E-state index contributed by atoms with van der Waals surface area (Å²) in [6.45, 7) is 3.51. The van der Waals surface area contributed by atoms with Crippen molar-refractivity contribution < 1.29 is 0 Å². The highest BCUT2D eigenvalue weighted by molar-refractivity contribution is 4.81. The Kier molecular flexibility index (Phi) is 10.4. The van der Waals surface area contributed by atoms with Gasteiger partial charge in [0.1, 0.15) is 0 Å². The zero-order valence-electron chi connectivity index (χ0n) is 14.1. The normalized spacial score (nSPS) is 27.0. The fourth-order valence-electron chi connectivity index (χ4n) is 3.52. The van der Waals surface area contributed by atoms with Crippen molar-refractivity contribution in [2.45, 2.75) is 102 Å². The third-order valence-electron chi connectivity index (χ3n) is 4.96. The van der Waals surface area contributed by atoms with Gasteiger partial charge in [-0.3, -0.25) is 0 Å². The predicted octanol–water partition coefficient (Wildman–Crippen LogP) is 4.72. The second-order valence-electron chi connectivity index (χ2n) is 6.82.